The topological polar surface area (TPSA) is 9.23 Å². The molecule has 1 aliphatic heterocycles. The van der Waals surface area contributed by atoms with Crippen molar-refractivity contribution in [2.24, 2.45) is 11.8 Å². The third kappa shape index (κ3) is 4.43. The van der Waals surface area contributed by atoms with Crippen LogP contribution in [0.25, 0.3) is 0 Å². The molecule has 1 atom stereocenters. The number of benzene rings is 1. The Morgan fingerprint density at radius 2 is 1.58 bits per heavy atom. The van der Waals surface area contributed by atoms with Gasteiger partial charge in [0, 0.05) is 6.42 Å². The summed E-state index contributed by atoms with van der Waals surface area (Å²) in [5, 5.41) is 0. The Bertz CT molecular complexity index is 519. The van der Waals surface area contributed by atoms with E-state index in [1.54, 1.807) is 5.56 Å². The highest BCUT2D eigenvalue weighted by Crippen LogP contribution is 2.41. The van der Waals surface area contributed by atoms with E-state index >= 15 is 0 Å². The molecular weight excluding hydrogens is 292 g/mol. The van der Waals surface area contributed by atoms with Crippen LogP contribution in [0.3, 0.4) is 0 Å². The molecule has 1 aliphatic carbocycles. The number of hydrogen-bond donors (Lipinski definition) is 0. The van der Waals surface area contributed by atoms with E-state index in [2.05, 4.69) is 44.2 Å². The van der Waals surface area contributed by atoms with Gasteiger partial charge in [-0.1, -0.05) is 44.5 Å². The van der Waals surface area contributed by atoms with E-state index in [4.69, 9.17) is 4.74 Å². The minimum absolute atomic E-state index is 0.762. The fourth-order valence-corrected chi connectivity index (χ4v) is 4.54. The van der Waals surface area contributed by atoms with Gasteiger partial charge in [0.2, 0.25) is 0 Å². The second-order valence-corrected chi connectivity index (χ2v) is 7.83. The Labute approximate surface area is 148 Å². The molecule has 1 saturated carbocycles. The molecule has 0 N–H and O–H groups in total. The molecule has 1 aromatic rings. The maximum Gasteiger partial charge on any atom is 0.0920 e. The standard InChI is InChI=1S/C23H34O/c1-3-5-18-7-9-19(10-8-18)20-11-13-21(14-12-20)22-15-16-23(6-4-2)24-17-22/h7-10,16,20-22H,3-6,11-15,17H2,1-2H3. The van der Waals surface area contributed by atoms with Gasteiger partial charge in [-0.25, -0.2) is 0 Å². The van der Waals surface area contributed by atoms with E-state index < -0.39 is 0 Å². The first kappa shape index (κ1) is 17.6. The van der Waals surface area contributed by atoms with E-state index in [1.165, 1.54) is 62.7 Å². The van der Waals surface area contributed by atoms with Crippen LogP contribution in [-0.2, 0) is 11.2 Å². The zero-order valence-corrected chi connectivity index (χ0v) is 15.6. The first-order valence-electron chi connectivity index (χ1n) is 10.2. The summed E-state index contributed by atoms with van der Waals surface area (Å²) in [6, 6.07) is 9.47. The average molecular weight is 327 g/mol. The van der Waals surface area contributed by atoms with Crippen molar-refractivity contribution in [3.8, 4) is 0 Å². The van der Waals surface area contributed by atoms with Crippen LogP contribution in [0, 0.1) is 11.8 Å². The molecule has 1 fully saturated rings. The normalized spacial score (nSPS) is 27.4. The van der Waals surface area contributed by atoms with E-state index in [1.807, 2.05) is 0 Å². The Morgan fingerprint density at radius 1 is 0.875 bits per heavy atom. The van der Waals surface area contributed by atoms with Crippen LogP contribution < -0.4 is 0 Å². The van der Waals surface area contributed by atoms with Gasteiger partial charge in [0.15, 0.2) is 0 Å². The van der Waals surface area contributed by atoms with Crippen molar-refractivity contribution in [1.29, 1.82) is 0 Å². The van der Waals surface area contributed by atoms with Gasteiger partial charge in [-0.3, -0.25) is 0 Å². The predicted octanol–water partition coefficient (Wildman–Crippen LogP) is 6.63. The first-order valence-corrected chi connectivity index (χ1v) is 10.2. The van der Waals surface area contributed by atoms with E-state index in [-0.39, 0.29) is 0 Å². The molecule has 0 bridgehead atoms. The van der Waals surface area contributed by atoms with E-state index in [0.717, 1.165) is 30.8 Å². The fraction of sp³-hybridized carbons (Fsp3) is 0.652. The van der Waals surface area contributed by atoms with Crippen molar-refractivity contribution in [3.05, 3.63) is 47.2 Å². The predicted molar refractivity (Wildman–Crippen MR) is 102 cm³/mol. The van der Waals surface area contributed by atoms with E-state index in [0.29, 0.717) is 0 Å². The molecule has 0 aromatic heterocycles. The molecular formula is C23H34O. The number of hydrogen-bond acceptors (Lipinski definition) is 1. The lowest BCUT2D eigenvalue weighted by Gasteiger charge is -2.35. The molecule has 0 saturated heterocycles. The minimum Gasteiger partial charge on any atom is -0.498 e. The summed E-state index contributed by atoms with van der Waals surface area (Å²) >= 11 is 0. The lowest BCUT2D eigenvalue weighted by atomic mass is 9.73. The van der Waals surface area contributed by atoms with E-state index in [9.17, 15) is 0 Å². The van der Waals surface area contributed by atoms with Gasteiger partial charge in [0.1, 0.15) is 0 Å². The summed E-state index contributed by atoms with van der Waals surface area (Å²) in [5.41, 5.74) is 3.06. The SMILES string of the molecule is CCCC1=CCC(C2CCC(c3ccc(CCC)cc3)CC2)CO1. The molecule has 1 heterocycles. The zero-order chi connectivity index (χ0) is 16.8. The van der Waals surface area contributed by atoms with Crippen LogP contribution in [0.4, 0.5) is 0 Å². The monoisotopic (exact) mass is 326 g/mol. The van der Waals surface area contributed by atoms with Crippen molar-refractivity contribution in [3.63, 3.8) is 0 Å². The molecule has 1 aromatic carbocycles. The van der Waals surface area contributed by atoms with Gasteiger partial charge in [-0.05, 0) is 79.9 Å². The second-order valence-electron chi connectivity index (χ2n) is 7.83. The molecule has 0 radical (unpaired) electrons. The van der Waals surface area contributed by atoms with Gasteiger partial charge in [0.05, 0.1) is 12.4 Å². The summed E-state index contributed by atoms with van der Waals surface area (Å²) in [7, 11) is 0. The highest BCUT2D eigenvalue weighted by molar-refractivity contribution is 5.26. The van der Waals surface area contributed by atoms with Crippen molar-refractivity contribution in [1.82, 2.24) is 0 Å². The maximum absolute atomic E-state index is 5.99. The average Bonchev–Trinajstić information content (AvgIpc) is 2.64. The van der Waals surface area contributed by atoms with Crippen molar-refractivity contribution >= 4 is 0 Å². The molecule has 3 rings (SSSR count). The second kappa shape index (κ2) is 8.74. The number of rotatable bonds is 6. The van der Waals surface area contributed by atoms with Gasteiger partial charge in [-0.2, -0.15) is 0 Å². The van der Waals surface area contributed by atoms with Crippen LogP contribution >= 0.6 is 0 Å². The zero-order valence-electron chi connectivity index (χ0n) is 15.6. The molecule has 132 valence electrons. The summed E-state index contributed by atoms with van der Waals surface area (Å²) in [5.74, 6) is 3.67. The maximum atomic E-state index is 5.99. The van der Waals surface area contributed by atoms with Crippen molar-refractivity contribution in [2.45, 2.75) is 77.6 Å². The molecule has 0 amide bonds. The van der Waals surface area contributed by atoms with Gasteiger partial charge >= 0.3 is 0 Å². The Balaban J connectivity index is 1.49. The highest BCUT2D eigenvalue weighted by Gasteiger charge is 2.29. The van der Waals surface area contributed by atoms with Crippen LogP contribution in [0.15, 0.2) is 36.1 Å². The summed E-state index contributed by atoms with van der Waals surface area (Å²) < 4.78 is 5.99. The molecule has 1 nitrogen and oxygen atoms in total. The Hall–Kier alpha value is -1.24. The lowest BCUT2D eigenvalue weighted by Crippen LogP contribution is -2.26. The first-order chi connectivity index (χ1) is 11.8. The fourth-order valence-electron chi connectivity index (χ4n) is 4.54. The van der Waals surface area contributed by atoms with Crippen LogP contribution in [0.2, 0.25) is 0 Å². The smallest absolute Gasteiger partial charge is 0.0920 e. The molecule has 24 heavy (non-hydrogen) atoms. The van der Waals surface area contributed by atoms with Gasteiger partial charge < -0.3 is 4.74 Å². The Kier molecular flexibility index (Phi) is 6.40. The number of ether oxygens (including phenoxy) is 1. The molecule has 2 aliphatic rings. The quantitative estimate of drug-likeness (QED) is 0.570. The number of aryl methyl sites for hydroxylation is 1. The van der Waals surface area contributed by atoms with Crippen molar-refractivity contribution in [2.75, 3.05) is 6.61 Å². The number of allylic oxidation sites excluding steroid dienone is 2. The van der Waals surface area contributed by atoms with Crippen LogP contribution in [-0.4, -0.2) is 6.61 Å². The van der Waals surface area contributed by atoms with Gasteiger partial charge in [-0.15, -0.1) is 0 Å². The molecule has 1 unspecified atom stereocenters. The van der Waals surface area contributed by atoms with Gasteiger partial charge in [0.25, 0.3) is 0 Å². The molecule has 0 spiro atoms. The highest BCUT2D eigenvalue weighted by atomic mass is 16.5. The third-order valence-electron chi connectivity index (χ3n) is 6.06. The Morgan fingerprint density at radius 3 is 2.17 bits per heavy atom. The minimum atomic E-state index is 0.762. The van der Waals surface area contributed by atoms with Crippen LogP contribution in [0.1, 0.15) is 82.3 Å². The molecule has 1 heteroatoms. The third-order valence-corrected chi connectivity index (χ3v) is 6.06. The lowest BCUT2D eigenvalue weighted by molar-refractivity contribution is 0.0894. The largest absolute Gasteiger partial charge is 0.498 e. The summed E-state index contributed by atoms with van der Waals surface area (Å²) in [6.45, 7) is 5.45. The summed E-state index contributed by atoms with van der Waals surface area (Å²) in [4.78, 5) is 0. The van der Waals surface area contributed by atoms with Crippen molar-refractivity contribution < 1.29 is 4.74 Å². The van der Waals surface area contributed by atoms with Crippen LogP contribution in [0.5, 0.6) is 0 Å². The summed E-state index contributed by atoms with van der Waals surface area (Å²) in [6.07, 6.45) is 13.9.